The van der Waals surface area contributed by atoms with Crippen LogP contribution >= 0.6 is 11.3 Å². The van der Waals surface area contributed by atoms with E-state index in [-0.39, 0.29) is 11.8 Å². The molecule has 1 aromatic carbocycles. The number of amides is 1. The SMILES string of the molecule is O=C(NCc1csc(Cc2ccccc2)n1)C1CC1. The van der Waals surface area contributed by atoms with E-state index in [2.05, 4.69) is 22.4 Å². The maximum absolute atomic E-state index is 11.5. The van der Waals surface area contributed by atoms with E-state index in [0.717, 1.165) is 30.0 Å². The Morgan fingerprint density at radius 3 is 2.84 bits per heavy atom. The first-order chi connectivity index (χ1) is 9.31. The number of hydrogen-bond acceptors (Lipinski definition) is 3. The summed E-state index contributed by atoms with van der Waals surface area (Å²) in [5, 5.41) is 6.08. The predicted octanol–water partition coefficient (Wildman–Crippen LogP) is 2.76. The maximum Gasteiger partial charge on any atom is 0.223 e. The van der Waals surface area contributed by atoms with E-state index in [4.69, 9.17) is 0 Å². The van der Waals surface area contributed by atoms with Crippen LogP contribution in [0.2, 0.25) is 0 Å². The van der Waals surface area contributed by atoms with Gasteiger partial charge in [-0.1, -0.05) is 30.3 Å². The van der Waals surface area contributed by atoms with Crippen LogP contribution in [0, 0.1) is 5.92 Å². The molecule has 3 rings (SSSR count). The topological polar surface area (TPSA) is 42.0 Å². The zero-order valence-electron chi connectivity index (χ0n) is 10.6. The van der Waals surface area contributed by atoms with Gasteiger partial charge in [0.05, 0.1) is 17.2 Å². The van der Waals surface area contributed by atoms with Crippen LogP contribution in [0.1, 0.15) is 29.1 Å². The Morgan fingerprint density at radius 1 is 1.32 bits per heavy atom. The van der Waals surface area contributed by atoms with Gasteiger partial charge in [0, 0.05) is 17.7 Å². The monoisotopic (exact) mass is 272 g/mol. The van der Waals surface area contributed by atoms with Gasteiger partial charge in [-0.25, -0.2) is 4.98 Å². The molecule has 1 saturated carbocycles. The van der Waals surface area contributed by atoms with Crippen molar-refractivity contribution in [2.75, 3.05) is 0 Å². The summed E-state index contributed by atoms with van der Waals surface area (Å²) >= 11 is 1.66. The van der Waals surface area contributed by atoms with E-state index >= 15 is 0 Å². The van der Waals surface area contributed by atoms with Crippen molar-refractivity contribution in [3.63, 3.8) is 0 Å². The van der Waals surface area contributed by atoms with Crippen LogP contribution in [0.15, 0.2) is 35.7 Å². The summed E-state index contributed by atoms with van der Waals surface area (Å²) in [7, 11) is 0. The zero-order chi connectivity index (χ0) is 13.1. The van der Waals surface area contributed by atoms with Crippen LogP contribution in [0.4, 0.5) is 0 Å². The van der Waals surface area contributed by atoms with Gasteiger partial charge >= 0.3 is 0 Å². The number of benzene rings is 1. The van der Waals surface area contributed by atoms with Gasteiger partial charge in [-0.15, -0.1) is 11.3 Å². The smallest absolute Gasteiger partial charge is 0.223 e. The Labute approximate surface area is 116 Å². The minimum atomic E-state index is 0.178. The van der Waals surface area contributed by atoms with Gasteiger partial charge < -0.3 is 5.32 Å². The molecule has 1 fully saturated rings. The van der Waals surface area contributed by atoms with Crippen molar-refractivity contribution in [3.8, 4) is 0 Å². The summed E-state index contributed by atoms with van der Waals surface area (Å²) in [4.78, 5) is 16.1. The van der Waals surface area contributed by atoms with Crippen molar-refractivity contribution in [1.82, 2.24) is 10.3 Å². The molecule has 19 heavy (non-hydrogen) atoms. The molecule has 0 atom stereocenters. The second-order valence-electron chi connectivity index (χ2n) is 4.89. The molecule has 0 radical (unpaired) electrons. The zero-order valence-corrected chi connectivity index (χ0v) is 11.5. The summed E-state index contributed by atoms with van der Waals surface area (Å²) < 4.78 is 0. The molecule has 4 heteroatoms. The number of nitrogens with one attached hydrogen (secondary N) is 1. The molecule has 3 nitrogen and oxygen atoms in total. The summed E-state index contributed by atoms with van der Waals surface area (Å²) in [5.41, 5.74) is 2.23. The largest absolute Gasteiger partial charge is 0.350 e. The first-order valence-electron chi connectivity index (χ1n) is 6.56. The van der Waals surface area contributed by atoms with Gasteiger partial charge in [0.1, 0.15) is 0 Å². The van der Waals surface area contributed by atoms with Crippen molar-refractivity contribution >= 4 is 17.2 Å². The van der Waals surface area contributed by atoms with Crippen LogP contribution in [-0.4, -0.2) is 10.9 Å². The normalized spacial score (nSPS) is 14.3. The molecule has 0 saturated heterocycles. The van der Waals surface area contributed by atoms with Crippen molar-refractivity contribution in [2.24, 2.45) is 5.92 Å². The Bertz CT molecular complexity index is 561. The average Bonchev–Trinajstić information content (AvgIpc) is 3.19. The molecule has 1 heterocycles. The molecule has 0 unspecified atom stereocenters. The van der Waals surface area contributed by atoms with Crippen LogP contribution < -0.4 is 5.32 Å². The van der Waals surface area contributed by atoms with Crippen molar-refractivity contribution in [1.29, 1.82) is 0 Å². The predicted molar refractivity (Wildman–Crippen MR) is 75.9 cm³/mol. The molecule has 98 valence electrons. The maximum atomic E-state index is 11.5. The molecular formula is C15H16N2OS. The third kappa shape index (κ3) is 3.41. The molecule has 1 aliphatic rings. The van der Waals surface area contributed by atoms with Crippen molar-refractivity contribution in [2.45, 2.75) is 25.8 Å². The van der Waals surface area contributed by atoms with Gasteiger partial charge in [-0.05, 0) is 18.4 Å². The molecular weight excluding hydrogens is 256 g/mol. The second kappa shape index (κ2) is 5.53. The van der Waals surface area contributed by atoms with Gasteiger partial charge in [-0.3, -0.25) is 4.79 Å². The number of hydrogen-bond donors (Lipinski definition) is 1. The lowest BCUT2D eigenvalue weighted by Crippen LogP contribution is -2.24. The highest BCUT2D eigenvalue weighted by molar-refractivity contribution is 7.09. The standard InChI is InChI=1S/C15H16N2OS/c18-15(12-6-7-12)16-9-13-10-19-14(17-13)8-11-4-2-1-3-5-11/h1-5,10,12H,6-9H2,(H,16,18). The van der Waals surface area contributed by atoms with E-state index in [0.29, 0.717) is 6.54 Å². The fourth-order valence-electron chi connectivity index (χ4n) is 1.95. The number of nitrogens with zero attached hydrogens (tertiary/aromatic N) is 1. The Morgan fingerprint density at radius 2 is 2.11 bits per heavy atom. The highest BCUT2D eigenvalue weighted by atomic mass is 32.1. The molecule has 0 spiro atoms. The van der Waals surface area contributed by atoms with Crippen LogP contribution in [0.3, 0.4) is 0 Å². The van der Waals surface area contributed by atoms with E-state index < -0.39 is 0 Å². The van der Waals surface area contributed by atoms with Crippen LogP contribution in [-0.2, 0) is 17.8 Å². The molecule has 2 aromatic rings. The third-order valence-corrected chi connectivity index (χ3v) is 4.09. The number of rotatable bonds is 5. The number of carbonyl (C=O) groups excluding carboxylic acids is 1. The minimum Gasteiger partial charge on any atom is -0.350 e. The molecule has 0 bridgehead atoms. The Kier molecular flexibility index (Phi) is 3.60. The lowest BCUT2D eigenvalue weighted by molar-refractivity contribution is -0.122. The molecule has 0 aliphatic heterocycles. The van der Waals surface area contributed by atoms with Gasteiger partial charge in [-0.2, -0.15) is 0 Å². The molecule has 1 N–H and O–H groups in total. The highest BCUT2D eigenvalue weighted by Gasteiger charge is 2.29. The Hall–Kier alpha value is -1.68. The third-order valence-electron chi connectivity index (χ3n) is 3.19. The average molecular weight is 272 g/mol. The van der Waals surface area contributed by atoms with Gasteiger partial charge in [0.25, 0.3) is 0 Å². The number of aromatic nitrogens is 1. The Balaban J connectivity index is 1.55. The number of thiazole rings is 1. The summed E-state index contributed by atoms with van der Waals surface area (Å²) in [6.45, 7) is 0.556. The summed E-state index contributed by atoms with van der Waals surface area (Å²) in [6.07, 6.45) is 2.95. The van der Waals surface area contributed by atoms with Crippen molar-refractivity contribution < 1.29 is 4.79 Å². The highest BCUT2D eigenvalue weighted by Crippen LogP contribution is 2.28. The van der Waals surface area contributed by atoms with Crippen molar-refractivity contribution in [3.05, 3.63) is 52.0 Å². The van der Waals surface area contributed by atoms with E-state index in [1.165, 1.54) is 5.56 Å². The van der Waals surface area contributed by atoms with E-state index in [1.807, 2.05) is 23.6 Å². The van der Waals surface area contributed by atoms with E-state index in [1.54, 1.807) is 11.3 Å². The van der Waals surface area contributed by atoms with Gasteiger partial charge in [0.15, 0.2) is 0 Å². The fourth-order valence-corrected chi connectivity index (χ4v) is 2.78. The second-order valence-corrected chi connectivity index (χ2v) is 5.83. The lowest BCUT2D eigenvalue weighted by Gasteiger charge is -2.00. The quantitative estimate of drug-likeness (QED) is 0.909. The van der Waals surface area contributed by atoms with Crippen LogP contribution in [0.25, 0.3) is 0 Å². The first-order valence-corrected chi connectivity index (χ1v) is 7.44. The minimum absolute atomic E-state index is 0.178. The fraction of sp³-hybridized carbons (Fsp3) is 0.333. The molecule has 1 amide bonds. The lowest BCUT2D eigenvalue weighted by atomic mass is 10.2. The summed E-state index contributed by atoms with van der Waals surface area (Å²) in [6, 6.07) is 10.3. The van der Waals surface area contributed by atoms with E-state index in [9.17, 15) is 4.79 Å². The van der Waals surface area contributed by atoms with Crippen LogP contribution in [0.5, 0.6) is 0 Å². The molecule has 1 aliphatic carbocycles. The van der Waals surface area contributed by atoms with Gasteiger partial charge in [0.2, 0.25) is 5.91 Å². The molecule has 1 aromatic heterocycles. The summed E-state index contributed by atoms with van der Waals surface area (Å²) in [5.74, 6) is 0.444. The number of carbonyl (C=O) groups is 1. The first kappa shape index (κ1) is 12.4.